The first-order valence-electron chi connectivity index (χ1n) is 5.30. The van der Waals surface area contributed by atoms with Crippen LogP contribution in [0.4, 0.5) is 0 Å². The number of hydrogen-bond acceptors (Lipinski definition) is 3. The maximum absolute atomic E-state index is 11.5. The molecule has 2 N–H and O–H groups in total. The summed E-state index contributed by atoms with van der Waals surface area (Å²) in [6, 6.07) is -0.139. The van der Waals surface area contributed by atoms with Crippen LogP contribution in [0, 0.1) is 5.92 Å². The molecule has 2 aliphatic rings. The Kier molecular flexibility index (Phi) is 2.49. The van der Waals surface area contributed by atoms with E-state index in [1.54, 1.807) is 4.90 Å². The third-order valence-electron chi connectivity index (χ3n) is 3.56. The van der Waals surface area contributed by atoms with Gasteiger partial charge in [-0.25, -0.2) is 0 Å². The molecule has 4 nitrogen and oxygen atoms in total. The number of aliphatic hydroxyl groups excluding tert-OH is 2. The van der Waals surface area contributed by atoms with Gasteiger partial charge in [-0.05, 0) is 12.8 Å². The van der Waals surface area contributed by atoms with Gasteiger partial charge < -0.3 is 15.1 Å². The van der Waals surface area contributed by atoms with E-state index in [0.29, 0.717) is 19.4 Å². The maximum Gasteiger partial charge on any atom is 0.222 e. The lowest BCUT2D eigenvalue weighted by molar-refractivity contribution is -0.142. The third-order valence-corrected chi connectivity index (χ3v) is 3.56. The molecular weight excluding hydrogens is 182 g/mol. The van der Waals surface area contributed by atoms with Crippen molar-refractivity contribution in [2.24, 2.45) is 5.92 Å². The molecule has 4 atom stereocenters. The summed E-state index contributed by atoms with van der Waals surface area (Å²) < 4.78 is 0. The van der Waals surface area contributed by atoms with E-state index in [2.05, 4.69) is 0 Å². The Hall–Kier alpha value is -0.610. The van der Waals surface area contributed by atoms with Gasteiger partial charge >= 0.3 is 0 Å². The van der Waals surface area contributed by atoms with E-state index in [9.17, 15) is 15.0 Å². The van der Waals surface area contributed by atoms with Crippen LogP contribution in [0.1, 0.15) is 26.2 Å². The summed E-state index contributed by atoms with van der Waals surface area (Å²) in [5.41, 5.74) is 0. The zero-order valence-corrected chi connectivity index (χ0v) is 8.39. The molecular formula is C10H17NO3. The third kappa shape index (κ3) is 1.33. The van der Waals surface area contributed by atoms with Crippen molar-refractivity contribution >= 4 is 5.91 Å². The highest BCUT2D eigenvalue weighted by Gasteiger charge is 2.45. The highest BCUT2D eigenvalue weighted by molar-refractivity contribution is 5.79. The van der Waals surface area contributed by atoms with Crippen LogP contribution in [0.3, 0.4) is 0 Å². The van der Waals surface area contributed by atoms with Crippen LogP contribution in [0.15, 0.2) is 0 Å². The number of amides is 1. The highest BCUT2D eigenvalue weighted by Crippen LogP contribution is 2.32. The molecule has 80 valence electrons. The molecule has 2 fully saturated rings. The summed E-state index contributed by atoms with van der Waals surface area (Å²) in [5.74, 6) is 0.155. The minimum atomic E-state index is -0.750. The number of aliphatic hydroxyl groups is 2. The summed E-state index contributed by atoms with van der Waals surface area (Å²) in [7, 11) is 0. The first-order valence-corrected chi connectivity index (χ1v) is 5.30. The molecule has 0 radical (unpaired) electrons. The van der Waals surface area contributed by atoms with Gasteiger partial charge in [-0.2, -0.15) is 0 Å². The van der Waals surface area contributed by atoms with Crippen molar-refractivity contribution in [1.82, 2.24) is 4.90 Å². The highest BCUT2D eigenvalue weighted by atomic mass is 16.3. The minimum Gasteiger partial charge on any atom is -0.390 e. The Morgan fingerprint density at radius 2 is 2.14 bits per heavy atom. The second kappa shape index (κ2) is 3.51. The smallest absolute Gasteiger partial charge is 0.222 e. The molecule has 2 heterocycles. The quantitative estimate of drug-likeness (QED) is 0.611. The number of carbonyl (C=O) groups is 1. The molecule has 2 rings (SSSR count). The molecule has 0 bridgehead atoms. The Balaban J connectivity index is 2.16. The van der Waals surface area contributed by atoms with Gasteiger partial charge in [0.2, 0.25) is 5.91 Å². The molecule has 0 unspecified atom stereocenters. The predicted molar refractivity (Wildman–Crippen MR) is 50.5 cm³/mol. The van der Waals surface area contributed by atoms with Gasteiger partial charge in [-0.1, -0.05) is 6.92 Å². The number of nitrogens with zero attached hydrogens (tertiary/aromatic N) is 1. The van der Waals surface area contributed by atoms with Crippen LogP contribution in [-0.2, 0) is 4.79 Å². The summed E-state index contributed by atoms with van der Waals surface area (Å²) in [6.45, 7) is 2.58. The molecule has 1 amide bonds. The molecule has 14 heavy (non-hydrogen) atoms. The van der Waals surface area contributed by atoms with E-state index in [1.165, 1.54) is 0 Å². The lowest BCUT2D eigenvalue weighted by atomic mass is 9.86. The molecule has 0 aliphatic carbocycles. The van der Waals surface area contributed by atoms with Crippen LogP contribution in [-0.4, -0.2) is 45.8 Å². The fourth-order valence-corrected chi connectivity index (χ4v) is 2.59. The molecule has 0 saturated carbocycles. The van der Waals surface area contributed by atoms with E-state index in [0.717, 1.165) is 6.42 Å². The monoisotopic (exact) mass is 199 g/mol. The van der Waals surface area contributed by atoms with Crippen molar-refractivity contribution in [3.05, 3.63) is 0 Å². The van der Waals surface area contributed by atoms with Crippen LogP contribution < -0.4 is 0 Å². The zero-order chi connectivity index (χ0) is 10.3. The van der Waals surface area contributed by atoms with Crippen LogP contribution in [0.5, 0.6) is 0 Å². The van der Waals surface area contributed by atoms with Gasteiger partial charge in [0, 0.05) is 18.9 Å². The molecule has 0 aromatic carbocycles. The Bertz CT molecular complexity index is 244. The average molecular weight is 199 g/mol. The van der Waals surface area contributed by atoms with E-state index < -0.39 is 12.2 Å². The number of piperidine rings is 1. The molecule has 2 saturated heterocycles. The van der Waals surface area contributed by atoms with E-state index in [4.69, 9.17) is 0 Å². The summed E-state index contributed by atoms with van der Waals surface area (Å²) in [4.78, 5) is 13.2. The second-order valence-corrected chi connectivity index (χ2v) is 4.30. The lowest BCUT2D eigenvalue weighted by Crippen LogP contribution is -2.57. The zero-order valence-electron chi connectivity index (χ0n) is 8.39. The van der Waals surface area contributed by atoms with E-state index >= 15 is 0 Å². The second-order valence-electron chi connectivity index (χ2n) is 4.30. The average Bonchev–Trinajstić information content (AvgIpc) is 2.54. The molecule has 0 aromatic rings. The maximum atomic E-state index is 11.5. The summed E-state index contributed by atoms with van der Waals surface area (Å²) in [5, 5.41) is 19.6. The molecule has 0 spiro atoms. The van der Waals surface area contributed by atoms with Crippen molar-refractivity contribution < 1.29 is 15.0 Å². The SMILES string of the molecule is CC[C@H]1CN2C(=O)CC[C@H]2[C@H](O)[C@H]1O. The fourth-order valence-electron chi connectivity index (χ4n) is 2.59. The standard InChI is InChI=1S/C10H17NO3/c1-2-6-5-11-7(3-4-8(11)12)10(14)9(6)13/h6-7,9-10,13-14H,2-5H2,1H3/t6-,7-,9-,10-/m0/s1. The number of carbonyl (C=O) groups excluding carboxylic acids is 1. The Morgan fingerprint density at radius 1 is 1.43 bits per heavy atom. The fraction of sp³-hybridized carbons (Fsp3) is 0.900. The lowest BCUT2D eigenvalue weighted by Gasteiger charge is -2.41. The van der Waals surface area contributed by atoms with Crippen molar-refractivity contribution in [3.63, 3.8) is 0 Å². The summed E-state index contributed by atoms with van der Waals surface area (Å²) in [6.07, 6.45) is 0.597. The number of rotatable bonds is 1. The van der Waals surface area contributed by atoms with Gasteiger partial charge in [0.25, 0.3) is 0 Å². The predicted octanol–water partition coefficient (Wildman–Crippen LogP) is -0.261. The van der Waals surface area contributed by atoms with Crippen LogP contribution in [0.25, 0.3) is 0 Å². The van der Waals surface area contributed by atoms with Crippen molar-refractivity contribution in [2.75, 3.05) is 6.54 Å². The van der Waals surface area contributed by atoms with Gasteiger partial charge in [-0.3, -0.25) is 4.79 Å². The Morgan fingerprint density at radius 3 is 2.79 bits per heavy atom. The van der Waals surface area contributed by atoms with Gasteiger partial charge in [-0.15, -0.1) is 0 Å². The largest absolute Gasteiger partial charge is 0.390 e. The first-order chi connectivity index (χ1) is 6.65. The summed E-state index contributed by atoms with van der Waals surface area (Å²) >= 11 is 0. The van der Waals surface area contributed by atoms with Crippen molar-refractivity contribution in [1.29, 1.82) is 0 Å². The topological polar surface area (TPSA) is 60.8 Å². The van der Waals surface area contributed by atoms with E-state index in [-0.39, 0.29) is 17.9 Å². The normalized spacial score (nSPS) is 42.8. The van der Waals surface area contributed by atoms with Crippen LogP contribution in [0.2, 0.25) is 0 Å². The van der Waals surface area contributed by atoms with Crippen LogP contribution >= 0.6 is 0 Å². The van der Waals surface area contributed by atoms with Gasteiger partial charge in [0.15, 0.2) is 0 Å². The molecule has 4 heteroatoms. The molecule has 2 aliphatic heterocycles. The number of fused-ring (bicyclic) bond motifs is 1. The minimum absolute atomic E-state index is 0.0308. The Labute approximate surface area is 83.5 Å². The number of hydrogen-bond donors (Lipinski definition) is 2. The molecule has 0 aromatic heterocycles. The van der Waals surface area contributed by atoms with E-state index in [1.807, 2.05) is 6.92 Å². The van der Waals surface area contributed by atoms with Gasteiger partial charge in [0.1, 0.15) is 6.10 Å². The van der Waals surface area contributed by atoms with Crippen molar-refractivity contribution in [3.8, 4) is 0 Å². The van der Waals surface area contributed by atoms with Crippen molar-refractivity contribution in [2.45, 2.75) is 44.4 Å². The first kappa shape index (κ1) is 9.93. The van der Waals surface area contributed by atoms with Gasteiger partial charge in [0.05, 0.1) is 12.1 Å².